The summed E-state index contributed by atoms with van der Waals surface area (Å²) in [5, 5.41) is 0. The third-order valence-corrected chi connectivity index (χ3v) is 3.10. The lowest BCUT2D eigenvalue weighted by Crippen LogP contribution is -2.40. The highest BCUT2D eigenvalue weighted by Crippen LogP contribution is 2.12. The SMILES string of the molecule is C[N+]1(S(C)(=O)=O)C=CN=C1. The van der Waals surface area contributed by atoms with Crippen LogP contribution in [0.1, 0.15) is 0 Å². The van der Waals surface area contributed by atoms with E-state index in [0.29, 0.717) is 0 Å². The minimum absolute atomic E-state index is 0.229. The van der Waals surface area contributed by atoms with Crippen molar-refractivity contribution in [3.05, 3.63) is 12.4 Å². The molecule has 1 rings (SSSR count). The van der Waals surface area contributed by atoms with Gasteiger partial charge in [0.1, 0.15) is 6.20 Å². The Bertz CT molecular complexity index is 277. The number of hydrogen-bond acceptors (Lipinski definition) is 3. The molecule has 1 aliphatic rings. The van der Waals surface area contributed by atoms with Crippen LogP contribution in [0.15, 0.2) is 17.4 Å². The second kappa shape index (κ2) is 1.90. The molecule has 0 saturated heterocycles. The Balaban J connectivity index is 3.14. The maximum atomic E-state index is 11.0. The Morgan fingerprint density at radius 3 is 2.30 bits per heavy atom. The summed E-state index contributed by atoms with van der Waals surface area (Å²) in [5.41, 5.74) is 0. The third-order valence-electron chi connectivity index (χ3n) is 1.46. The molecule has 1 aliphatic heterocycles. The third kappa shape index (κ3) is 0.975. The van der Waals surface area contributed by atoms with Crippen LogP contribution in [0.25, 0.3) is 0 Å². The maximum absolute atomic E-state index is 11.0. The minimum atomic E-state index is -3.10. The molecule has 0 aromatic rings. The first-order chi connectivity index (χ1) is 4.46. The van der Waals surface area contributed by atoms with E-state index in [2.05, 4.69) is 4.99 Å². The lowest BCUT2D eigenvalue weighted by atomic mass is 10.8. The number of quaternary nitrogens is 1. The zero-order valence-electron chi connectivity index (χ0n) is 5.85. The van der Waals surface area contributed by atoms with Crippen molar-refractivity contribution in [2.45, 2.75) is 0 Å². The average Bonchev–Trinajstić information content (AvgIpc) is 2.13. The zero-order valence-corrected chi connectivity index (χ0v) is 6.67. The van der Waals surface area contributed by atoms with Crippen molar-refractivity contribution < 1.29 is 12.3 Å². The van der Waals surface area contributed by atoms with E-state index in [0.717, 1.165) is 0 Å². The van der Waals surface area contributed by atoms with Gasteiger partial charge in [0.2, 0.25) is 6.34 Å². The van der Waals surface area contributed by atoms with Crippen LogP contribution in [0.2, 0.25) is 0 Å². The molecule has 0 fully saturated rings. The Labute approximate surface area is 60.1 Å². The van der Waals surface area contributed by atoms with Crippen molar-refractivity contribution in [3.63, 3.8) is 0 Å². The molecule has 0 saturated carbocycles. The van der Waals surface area contributed by atoms with Gasteiger partial charge in [-0.25, -0.2) is 4.99 Å². The number of rotatable bonds is 1. The molecule has 1 heterocycles. The van der Waals surface area contributed by atoms with Gasteiger partial charge in [0.25, 0.3) is 0 Å². The highest BCUT2D eigenvalue weighted by molar-refractivity contribution is 7.85. The number of nitrogens with zero attached hydrogens (tertiary/aromatic N) is 2. The molecule has 0 aromatic carbocycles. The van der Waals surface area contributed by atoms with E-state index in [4.69, 9.17) is 0 Å². The predicted molar refractivity (Wildman–Crippen MR) is 38.7 cm³/mol. The van der Waals surface area contributed by atoms with Gasteiger partial charge >= 0.3 is 10.0 Å². The van der Waals surface area contributed by atoms with Crippen LogP contribution >= 0.6 is 0 Å². The van der Waals surface area contributed by atoms with Crippen molar-refractivity contribution in [1.82, 2.24) is 0 Å². The Hall–Kier alpha value is -0.680. The number of hydrogen-bond donors (Lipinski definition) is 0. The van der Waals surface area contributed by atoms with Crippen LogP contribution in [0.4, 0.5) is 0 Å². The Morgan fingerprint density at radius 2 is 2.10 bits per heavy atom. The molecule has 0 radical (unpaired) electrons. The van der Waals surface area contributed by atoms with E-state index in [1.54, 1.807) is 7.05 Å². The first-order valence-corrected chi connectivity index (χ1v) is 4.59. The lowest BCUT2D eigenvalue weighted by molar-refractivity contribution is -0.610. The fraction of sp³-hybridized carbons (Fsp3) is 0.400. The molecule has 0 bridgehead atoms. The van der Waals surface area contributed by atoms with Gasteiger partial charge in [-0.05, 0) is 0 Å². The topological polar surface area (TPSA) is 46.5 Å². The molecule has 0 aliphatic carbocycles. The monoisotopic (exact) mass is 161 g/mol. The van der Waals surface area contributed by atoms with E-state index in [-0.39, 0.29) is 3.89 Å². The van der Waals surface area contributed by atoms with E-state index in [1.807, 2.05) is 0 Å². The van der Waals surface area contributed by atoms with Crippen molar-refractivity contribution in [1.29, 1.82) is 0 Å². The molecule has 4 nitrogen and oxygen atoms in total. The molecule has 1 atom stereocenters. The van der Waals surface area contributed by atoms with E-state index < -0.39 is 10.0 Å². The van der Waals surface area contributed by atoms with Gasteiger partial charge in [-0.2, -0.15) is 12.3 Å². The highest BCUT2D eigenvalue weighted by atomic mass is 32.2. The van der Waals surface area contributed by atoms with Crippen LogP contribution in [0.3, 0.4) is 0 Å². The quantitative estimate of drug-likeness (QED) is 0.504. The van der Waals surface area contributed by atoms with Gasteiger partial charge in [0, 0.05) is 0 Å². The molecule has 0 N–H and O–H groups in total. The summed E-state index contributed by atoms with van der Waals surface area (Å²) in [6.07, 6.45) is 5.53. The largest absolute Gasteiger partial charge is 0.303 e. The van der Waals surface area contributed by atoms with Crippen LogP contribution in [0.5, 0.6) is 0 Å². The molecule has 0 spiro atoms. The van der Waals surface area contributed by atoms with Crippen LogP contribution in [-0.4, -0.2) is 31.9 Å². The van der Waals surface area contributed by atoms with Crippen molar-refractivity contribution in [2.24, 2.45) is 4.99 Å². The molecule has 10 heavy (non-hydrogen) atoms. The zero-order chi connectivity index (χ0) is 7.83. The summed E-state index contributed by atoms with van der Waals surface area (Å²) >= 11 is 0. The standard InChI is InChI=1S/C5H9N2O2S/c1-7(10(2,8)9)4-3-6-5-7/h3-5H,1-2H3/q+1. The second-order valence-corrected chi connectivity index (χ2v) is 4.61. The first-order valence-electron chi connectivity index (χ1n) is 2.74. The van der Waals surface area contributed by atoms with E-state index >= 15 is 0 Å². The Kier molecular flexibility index (Phi) is 1.41. The predicted octanol–water partition coefficient (Wildman–Crippen LogP) is -0.0943. The van der Waals surface area contributed by atoms with Gasteiger partial charge in [-0.1, -0.05) is 0 Å². The fourth-order valence-electron chi connectivity index (χ4n) is 0.576. The van der Waals surface area contributed by atoms with E-state index in [1.165, 1.54) is 25.0 Å². The Morgan fingerprint density at radius 1 is 1.50 bits per heavy atom. The van der Waals surface area contributed by atoms with Crippen LogP contribution in [-0.2, 0) is 10.0 Å². The van der Waals surface area contributed by atoms with Gasteiger partial charge < -0.3 is 0 Å². The summed E-state index contributed by atoms with van der Waals surface area (Å²) in [7, 11) is -1.54. The molecular weight excluding hydrogens is 152 g/mol. The minimum Gasteiger partial charge on any atom is -0.205 e. The summed E-state index contributed by atoms with van der Waals surface area (Å²) in [6, 6.07) is 0. The molecular formula is C5H9N2O2S+. The van der Waals surface area contributed by atoms with E-state index in [9.17, 15) is 8.42 Å². The second-order valence-electron chi connectivity index (χ2n) is 2.35. The lowest BCUT2D eigenvalue weighted by Gasteiger charge is -2.17. The fourth-order valence-corrected chi connectivity index (χ4v) is 1.08. The van der Waals surface area contributed by atoms with Gasteiger partial charge in [0.15, 0.2) is 0 Å². The average molecular weight is 161 g/mol. The highest BCUT2D eigenvalue weighted by Gasteiger charge is 2.31. The number of aliphatic imine (C=N–C) groups is 1. The first kappa shape index (κ1) is 7.43. The summed E-state index contributed by atoms with van der Waals surface area (Å²) in [5.74, 6) is 0. The molecule has 0 amide bonds. The maximum Gasteiger partial charge on any atom is 0.303 e. The molecule has 1 unspecified atom stereocenters. The number of sulfonamides is 1. The van der Waals surface area contributed by atoms with Gasteiger partial charge in [0.05, 0.1) is 19.5 Å². The normalized spacial score (nSPS) is 31.4. The molecule has 0 aromatic heterocycles. The van der Waals surface area contributed by atoms with Crippen LogP contribution < -0.4 is 0 Å². The van der Waals surface area contributed by atoms with Gasteiger partial charge in [-0.15, -0.1) is 0 Å². The van der Waals surface area contributed by atoms with Crippen molar-refractivity contribution in [3.8, 4) is 0 Å². The summed E-state index contributed by atoms with van der Waals surface area (Å²) in [6.45, 7) is 0. The summed E-state index contributed by atoms with van der Waals surface area (Å²) in [4.78, 5) is 3.69. The molecule has 5 heteroatoms. The van der Waals surface area contributed by atoms with Crippen LogP contribution in [0, 0.1) is 0 Å². The van der Waals surface area contributed by atoms with Gasteiger partial charge in [-0.3, -0.25) is 0 Å². The summed E-state index contributed by atoms with van der Waals surface area (Å²) < 4.78 is 21.7. The molecule has 56 valence electrons. The van der Waals surface area contributed by atoms with Crippen molar-refractivity contribution >= 4 is 16.4 Å². The van der Waals surface area contributed by atoms with Crippen molar-refractivity contribution in [2.75, 3.05) is 13.3 Å². The smallest absolute Gasteiger partial charge is 0.205 e.